The fourth-order valence-corrected chi connectivity index (χ4v) is 1.67. The number of halogens is 1. The molecule has 0 aliphatic rings. The van der Waals surface area contributed by atoms with Crippen molar-refractivity contribution in [3.63, 3.8) is 0 Å². The van der Waals surface area contributed by atoms with Crippen molar-refractivity contribution in [1.29, 1.82) is 5.26 Å². The highest BCUT2D eigenvalue weighted by atomic mass is 127. The molecule has 5 heteroatoms. The summed E-state index contributed by atoms with van der Waals surface area (Å²) in [5.74, 6) is -0.943. The molecule has 0 bridgehead atoms. The third kappa shape index (κ3) is 2.59. The summed E-state index contributed by atoms with van der Waals surface area (Å²) >= 11 is 1.96. The van der Waals surface area contributed by atoms with Crippen LogP contribution >= 0.6 is 22.6 Å². The van der Waals surface area contributed by atoms with Crippen LogP contribution in [-0.4, -0.2) is 17.7 Å². The zero-order valence-corrected chi connectivity index (χ0v) is 10.1. The number of phenols is 1. The fraction of sp³-hybridized carbons (Fsp3) is 0.200. The molecule has 0 aliphatic carbocycles. The predicted molar refractivity (Wildman–Crippen MR) is 61.5 cm³/mol. The monoisotopic (exact) mass is 317 g/mol. The number of carbonyl (C=O) groups excluding carboxylic acids is 1. The van der Waals surface area contributed by atoms with E-state index in [9.17, 15) is 9.90 Å². The molecule has 0 fully saturated rings. The lowest BCUT2D eigenvalue weighted by molar-refractivity contribution is 0.0523. The first-order valence-corrected chi connectivity index (χ1v) is 5.27. The van der Waals surface area contributed by atoms with Gasteiger partial charge in [-0.3, -0.25) is 0 Å². The predicted octanol–water partition coefficient (Wildman–Crippen LogP) is 2.05. The molecule has 1 rings (SSSR count). The molecule has 78 valence electrons. The molecule has 1 aromatic carbocycles. The molecule has 0 aliphatic heterocycles. The minimum Gasteiger partial charge on any atom is -0.506 e. The molecule has 0 saturated carbocycles. The first-order valence-electron chi connectivity index (χ1n) is 4.19. The SMILES string of the molecule is CCOC(=O)c1cc(I)cc(C#N)c1O. The molecule has 0 heterocycles. The minimum absolute atomic E-state index is 0.0281. The second kappa shape index (κ2) is 4.98. The van der Waals surface area contributed by atoms with Crippen molar-refractivity contribution in [3.05, 3.63) is 26.8 Å². The van der Waals surface area contributed by atoms with Gasteiger partial charge in [-0.1, -0.05) is 0 Å². The van der Waals surface area contributed by atoms with Gasteiger partial charge in [-0.25, -0.2) is 4.79 Å². The topological polar surface area (TPSA) is 70.3 Å². The molecule has 0 atom stereocenters. The first kappa shape index (κ1) is 11.8. The van der Waals surface area contributed by atoms with Crippen LogP contribution in [0.25, 0.3) is 0 Å². The van der Waals surface area contributed by atoms with E-state index in [1.165, 1.54) is 12.1 Å². The number of carbonyl (C=O) groups is 1. The van der Waals surface area contributed by atoms with Crippen LogP contribution < -0.4 is 0 Å². The molecule has 0 spiro atoms. The number of hydrogen-bond acceptors (Lipinski definition) is 4. The summed E-state index contributed by atoms with van der Waals surface area (Å²) in [5, 5.41) is 18.3. The number of nitrogens with zero attached hydrogens (tertiary/aromatic N) is 1. The number of aromatic hydroxyl groups is 1. The van der Waals surface area contributed by atoms with Gasteiger partial charge in [-0.15, -0.1) is 0 Å². The van der Waals surface area contributed by atoms with Gasteiger partial charge in [0.2, 0.25) is 0 Å². The van der Waals surface area contributed by atoms with Gasteiger partial charge in [-0.05, 0) is 41.6 Å². The smallest absolute Gasteiger partial charge is 0.341 e. The highest BCUT2D eigenvalue weighted by Gasteiger charge is 2.16. The first-order chi connectivity index (χ1) is 7.10. The lowest BCUT2D eigenvalue weighted by Gasteiger charge is -2.06. The molecule has 0 amide bonds. The number of hydrogen-bond donors (Lipinski definition) is 1. The van der Waals surface area contributed by atoms with E-state index in [0.717, 1.165) is 0 Å². The zero-order chi connectivity index (χ0) is 11.4. The fourth-order valence-electron chi connectivity index (χ4n) is 1.05. The van der Waals surface area contributed by atoms with Crippen molar-refractivity contribution in [2.45, 2.75) is 6.92 Å². The van der Waals surface area contributed by atoms with Gasteiger partial charge in [0, 0.05) is 3.57 Å². The van der Waals surface area contributed by atoms with Gasteiger partial charge in [0.15, 0.2) is 0 Å². The summed E-state index contributed by atoms with van der Waals surface area (Å²) in [5.41, 5.74) is 0.102. The largest absolute Gasteiger partial charge is 0.506 e. The third-order valence-electron chi connectivity index (χ3n) is 1.69. The molecule has 0 aromatic heterocycles. The van der Waals surface area contributed by atoms with Crippen molar-refractivity contribution < 1.29 is 14.6 Å². The van der Waals surface area contributed by atoms with E-state index in [0.29, 0.717) is 3.57 Å². The second-order valence-electron chi connectivity index (χ2n) is 2.68. The van der Waals surface area contributed by atoms with Crippen molar-refractivity contribution in [2.24, 2.45) is 0 Å². The van der Waals surface area contributed by atoms with Crippen molar-refractivity contribution in [1.82, 2.24) is 0 Å². The summed E-state index contributed by atoms with van der Waals surface area (Å²) in [4.78, 5) is 11.4. The molecule has 1 aromatic rings. The van der Waals surface area contributed by atoms with E-state index in [1.54, 1.807) is 6.92 Å². The van der Waals surface area contributed by atoms with Crippen LogP contribution in [0.15, 0.2) is 12.1 Å². The minimum atomic E-state index is -0.620. The van der Waals surface area contributed by atoms with E-state index in [4.69, 9.17) is 10.00 Å². The lowest BCUT2D eigenvalue weighted by atomic mass is 10.1. The summed E-state index contributed by atoms with van der Waals surface area (Å²) in [6.45, 7) is 1.90. The van der Waals surface area contributed by atoms with Crippen LogP contribution in [0.3, 0.4) is 0 Å². The number of nitriles is 1. The van der Waals surface area contributed by atoms with E-state index in [-0.39, 0.29) is 23.5 Å². The Kier molecular flexibility index (Phi) is 3.91. The van der Waals surface area contributed by atoms with E-state index in [1.807, 2.05) is 28.7 Å². The Bertz CT molecular complexity index is 437. The Labute approximate surface area is 101 Å². The number of rotatable bonds is 2. The third-order valence-corrected chi connectivity index (χ3v) is 2.31. The Morgan fingerprint density at radius 1 is 1.67 bits per heavy atom. The highest BCUT2D eigenvalue weighted by molar-refractivity contribution is 14.1. The molecular formula is C10H8INO3. The molecule has 1 N–H and O–H groups in total. The van der Waals surface area contributed by atoms with Crippen LogP contribution in [0.5, 0.6) is 5.75 Å². The molecular weight excluding hydrogens is 309 g/mol. The Morgan fingerprint density at radius 3 is 2.87 bits per heavy atom. The molecule has 15 heavy (non-hydrogen) atoms. The Hall–Kier alpha value is -1.29. The number of benzene rings is 1. The van der Waals surface area contributed by atoms with Crippen molar-refractivity contribution in [2.75, 3.05) is 6.61 Å². The summed E-state index contributed by atoms with van der Waals surface area (Å²) in [6.07, 6.45) is 0. The second-order valence-corrected chi connectivity index (χ2v) is 3.93. The average molecular weight is 317 g/mol. The summed E-state index contributed by atoms with van der Waals surface area (Å²) < 4.78 is 5.45. The maximum Gasteiger partial charge on any atom is 0.341 e. The Balaban J connectivity index is 3.24. The zero-order valence-electron chi connectivity index (χ0n) is 7.95. The van der Waals surface area contributed by atoms with Crippen LogP contribution in [0, 0.1) is 14.9 Å². The molecule has 0 unspecified atom stereocenters. The average Bonchev–Trinajstić information content (AvgIpc) is 2.21. The number of esters is 1. The van der Waals surface area contributed by atoms with E-state index in [2.05, 4.69) is 0 Å². The van der Waals surface area contributed by atoms with Crippen LogP contribution in [0.1, 0.15) is 22.8 Å². The van der Waals surface area contributed by atoms with Gasteiger partial charge in [0.25, 0.3) is 0 Å². The lowest BCUT2D eigenvalue weighted by Crippen LogP contribution is -2.06. The maximum absolute atomic E-state index is 11.4. The maximum atomic E-state index is 11.4. The quantitative estimate of drug-likeness (QED) is 0.669. The van der Waals surface area contributed by atoms with Crippen molar-refractivity contribution in [3.8, 4) is 11.8 Å². The van der Waals surface area contributed by atoms with E-state index < -0.39 is 5.97 Å². The number of phenolic OH excluding ortho intramolecular Hbond substituents is 1. The molecule has 0 radical (unpaired) electrons. The standard InChI is InChI=1S/C10H8INO3/c1-2-15-10(14)8-4-7(11)3-6(5-12)9(8)13/h3-4,13H,2H2,1H3. The number of ether oxygens (including phenoxy) is 1. The van der Waals surface area contributed by atoms with Crippen LogP contribution in [0.4, 0.5) is 0 Å². The summed E-state index contributed by atoms with van der Waals surface area (Å²) in [6, 6.07) is 4.79. The molecule has 0 saturated heterocycles. The highest BCUT2D eigenvalue weighted by Crippen LogP contribution is 2.25. The van der Waals surface area contributed by atoms with Crippen LogP contribution in [0.2, 0.25) is 0 Å². The Morgan fingerprint density at radius 2 is 2.33 bits per heavy atom. The van der Waals surface area contributed by atoms with Gasteiger partial charge < -0.3 is 9.84 Å². The van der Waals surface area contributed by atoms with Gasteiger partial charge in [0.05, 0.1) is 12.2 Å². The van der Waals surface area contributed by atoms with E-state index >= 15 is 0 Å². The summed E-state index contributed by atoms with van der Waals surface area (Å²) in [7, 11) is 0. The van der Waals surface area contributed by atoms with Crippen LogP contribution in [-0.2, 0) is 4.74 Å². The van der Waals surface area contributed by atoms with Gasteiger partial charge >= 0.3 is 5.97 Å². The molecule has 4 nitrogen and oxygen atoms in total. The van der Waals surface area contributed by atoms with Crippen molar-refractivity contribution >= 4 is 28.6 Å². The normalized spacial score (nSPS) is 9.40. The van der Waals surface area contributed by atoms with Gasteiger partial charge in [-0.2, -0.15) is 5.26 Å². The van der Waals surface area contributed by atoms with Gasteiger partial charge in [0.1, 0.15) is 17.4 Å².